The van der Waals surface area contributed by atoms with Crippen LogP contribution in [0.1, 0.15) is 74.8 Å². The van der Waals surface area contributed by atoms with Gasteiger partial charge in [0, 0.05) is 41.3 Å². The number of ether oxygens (including phenoxy) is 2. The number of nitrogens with zero attached hydrogens (tertiary/aromatic N) is 2. The number of methoxy groups -OCH3 is 2. The smallest absolute Gasteiger partial charge is 0.254 e. The molecule has 5 rings (SSSR count). The number of benzene rings is 3. The molecule has 1 aliphatic heterocycles. The first kappa shape index (κ1) is 32.8. The van der Waals surface area contributed by atoms with Gasteiger partial charge in [-0.1, -0.05) is 18.2 Å². The van der Waals surface area contributed by atoms with Gasteiger partial charge in [0.05, 0.1) is 25.9 Å². The van der Waals surface area contributed by atoms with E-state index in [1.54, 1.807) is 42.7 Å². The fourth-order valence-electron chi connectivity index (χ4n) is 5.74. The monoisotopic (exact) mass is 642 g/mol. The van der Waals surface area contributed by atoms with Crippen molar-refractivity contribution in [1.29, 1.82) is 0 Å². The Labute approximate surface area is 274 Å². The first-order valence-electron chi connectivity index (χ1n) is 15.7. The van der Waals surface area contributed by atoms with Crippen LogP contribution in [-0.4, -0.2) is 60.2 Å². The summed E-state index contributed by atoms with van der Waals surface area (Å²) >= 11 is 1.58. The lowest BCUT2D eigenvalue weighted by atomic mass is 10.0. The van der Waals surface area contributed by atoms with Gasteiger partial charge in [-0.2, -0.15) is 0 Å². The van der Waals surface area contributed by atoms with E-state index < -0.39 is 0 Å². The molecule has 9 nitrogen and oxygen atoms in total. The Bertz CT molecular complexity index is 1670. The number of nitrogens with one attached hydrogen (secondary N) is 2. The molecular formula is C36H42N4O5S. The quantitative estimate of drug-likeness (QED) is 0.142. The van der Waals surface area contributed by atoms with Crippen molar-refractivity contribution in [2.24, 2.45) is 0 Å². The molecule has 1 saturated heterocycles. The fourth-order valence-corrected chi connectivity index (χ4v) is 6.69. The Morgan fingerprint density at radius 3 is 2.54 bits per heavy atom. The third-order valence-corrected chi connectivity index (χ3v) is 9.32. The highest BCUT2D eigenvalue weighted by Gasteiger charge is 2.33. The van der Waals surface area contributed by atoms with E-state index in [0.29, 0.717) is 48.5 Å². The zero-order valence-electron chi connectivity index (χ0n) is 26.8. The molecule has 0 unspecified atom stereocenters. The van der Waals surface area contributed by atoms with Crippen LogP contribution in [0.5, 0.6) is 17.2 Å². The molecule has 0 spiro atoms. The van der Waals surface area contributed by atoms with Gasteiger partial charge in [-0.25, -0.2) is 4.98 Å². The zero-order chi connectivity index (χ0) is 32.6. The van der Waals surface area contributed by atoms with E-state index in [1.165, 1.54) is 7.11 Å². The van der Waals surface area contributed by atoms with Crippen molar-refractivity contribution in [2.75, 3.05) is 32.6 Å². The number of phenols is 1. The average molecular weight is 643 g/mol. The fraction of sp³-hybridized carbons (Fsp3) is 0.361. The Balaban J connectivity index is 1.15. The molecule has 242 valence electrons. The molecular weight excluding hydrogens is 600 g/mol. The highest BCUT2D eigenvalue weighted by molar-refractivity contribution is 7.09. The Hall–Kier alpha value is -4.57. The molecule has 0 aliphatic carbocycles. The molecule has 46 heavy (non-hydrogen) atoms. The maximum atomic E-state index is 13.6. The SMILES string of the molecule is COc1cccc(CCNc2ccc(CC[C@H](C)NC(=O)c3cc(OC)cc(C(=O)N4CCC[C@@H]4c4nc(C)cs4)c3)cc2O)c1. The van der Waals surface area contributed by atoms with E-state index in [4.69, 9.17) is 9.47 Å². The molecule has 0 radical (unpaired) electrons. The second-order valence-corrected chi connectivity index (χ2v) is 12.6. The van der Waals surface area contributed by atoms with Crippen LogP contribution >= 0.6 is 11.3 Å². The highest BCUT2D eigenvalue weighted by atomic mass is 32.1. The van der Waals surface area contributed by atoms with Crippen LogP contribution in [0.25, 0.3) is 0 Å². The lowest BCUT2D eigenvalue weighted by molar-refractivity contribution is 0.0735. The van der Waals surface area contributed by atoms with Crippen LogP contribution in [0, 0.1) is 6.92 Å². The minimum Gasteiger partial charge on any atom is -0.506 e. The van der Waals surface area contributed by atoms with E-state index in [0.717, 1.165) is 46.8 Å². The number of amides is 2. The number of phenolic OH excluding ortho intramolecular Hbond substituents is 1. The molecule has 0 bridgehead atoms. The first-order valence-corrected chi connectivity index (χ1v) is 16.5. The van der Waals surface area contributed by atoms with Crippen LogP contribution in [-0.2, 0) is 12.8 Å². The average Bonchev–Trinajstić information content (AvgIpc) is 3.73. The Kier molecular flexibility index (Phi) is 10.8. The first-order chi connectivity index (χ1) is 22.2. The van der Waals surface area contributed by atoms with E-state index in [2.05, 4.69) is 21.7 Å². The molecule has 2 atom stereocenters. The molecule has 3 aromatic carbocycles. The minimum absolute atomic E-state index is 0.0575. The van der Waals surface area contributed by atoms with Crippen molar-refractivity contribution >= 4 is 28.8 Å². The number of aryl methyl sites for hydroxylation is 2. The van der Waals surface area contributed by atoms with Crippen LogP contribution in [0.2, 0.25) is 0 Å². The summed E-state index contributed by atoms with van der Waals surface area (Å²) < 4.78 is 10.8. The molecule has 1 aliphatic rings. The van der Waals surface area contributed by atoms with Crippen molar-refractivity contribution in [3.63, 3.8) is 0 Å². The summed E-state index contributed by atoms with van der Waals surface area (Å²) in [5, 5.41) is 19.9. The molecule has 1 fully saturated rings. The minimum atomic E-state index is -0.271. The third kappa shape index (κ3) is 8.17. The van der Waals surface area contributed by atoms with Gasteiger partial charge in [0.1, 0.15) is 22.3 Å². The summed E-state index contributed by atoms with van der Waals surface area (Å²) in [6.45, 7) is 5.22. The summed E-state index contributed by atoms with van der Waals surface area (Å²) in [6, 6.07) is 18.4. The van der Waals surface area contributed by atoms with Gasteiger partial charge in [-0.3, -0.25) is 9.59 Å². The lowest BCUT2D eigenvalue weighted by Crippen LogP contribution is -2.33. The van der Waals surface area contributed by atoms with E-state index >= 15 is 0 Å². The second-order valence-electron chi connectivity index (χ2n) is 11.7. The topological polar surface area (TPSA) is 113 Å². The summed E-state index contributed by atoms with van der Waals surface area (Å²) in [4.78, 5) is 33.4. The number of aromatic hydroxyl groups is 1. The van der Waals surface area contributed by atoms with Crippen LogP contribution in [0.4, 0.5) is 5.69 Å². The molecule has 10 heteroatoms. The predicted molar refractivity (Wildman–Crippen MR) is 181 cm³/mol. The van der Waals surface area contributed by atoms with Crippen molar-refractivity contribution in [2.45, 2.75) is 58.0 Å². The van der Waals surface area contributed by atoms with Crippen molar-refractivity contribution in [3.8, 4) is 17.2 Å². The van der Waals surface area contributed by atoms with Gasteiger partial charge in [0.25, 0.3) is 11.8 Å². The Morgan fingerprint density at radius 2 is 1.80 bits per heavy atom. The lowest BCUT2D eigenvalue weighted by Gasteiger charge is -2.24. The van der Waals surface area contributed by atoms with E-state index in [1.807, 2.05) is 54.5 Å². The van der Waals surface area contributed by atoms with Gasteiger partial charge < -0.3 is 30.1 Å². The van der Waals surface area contributed by atoms with Crippen molar-refractivity contribution < 1.29 is 24.2 Å². The number of anilines is 1. The molecule has 2 amide bonds. The summed E-state index contributed by atoms with van der Waals surface area (Å²) in [5.41, 5.74) is 4.55. The molecule has 4 aromatic rings. The van der Waals surface area contributed by atoms with E-state index in [9.17, 15) is 14.7 Å². The maximum Gasteiger partial charge on any atom is 0.254 e. The number of carbonyl (C=O) groups excluding carboxylic acids is 2. The van der Waals surface area contributed by atoms with Crippen LogP contribution in [0.3, 0.4) is 0 Å². The van der Waals surface area contributed by atoms with E-state index in [-0.39, 0.29) is 29.6 Å². The normalized spacial score (nSPS) is 15.0. The van der Waals surface area contributed by atoms with Gasteiger partial charge in [-0.05, 0) is 99.5 Å². The Morgan fingerprint density at radius 1 is 1.02 bits per heavy atom. The number of carbonyl (C=O) groups is 2. The standard InChI is InChI=1S/C36H42N4O5S/c1-23(10-11-26-12-13-31(33(41)18-26)37-15-14-25-7-5-8-29(17-25)44-3)38-34(42)27-19-28(21-30(20-27)45-4)36(43)40-16-6-9-32(40)35-39-24(2)22-46-35/h5,7-8,12-13,17-23,32,37,41H,6,9-11,14-16H2,1-4H3,(H,38,42)/t23-,32+/m0/s1. The van der Waals surface area contributed by atoms with Gasteiger partial charge in [0.2, 0.25) is 0 Å². The number of thiazole rings is 1. The number of likely N-dealkylation sites (tertiary alicyclic amines) is 1. The molecule has 1 aromatic heterocycles. The van der Waals surface area contributed by atoms with Crippen molar-refractivity contribution in [1.82, 2.24) is 15.2 Å². The van der Waals surface area contributed by atoms with Gasteiger partial charge in [-0.15, -0.1) is 11.3 Å². The molecule has 3 N–H and O–H groups in total. The molecule has 0 saturated carbocycles. The largest absolute Gasteiger partial charge is 0.506 e. The number of rotatable bonds is 13. The highest BCUT2D eigenvalue weighted by Crippen LogP contribution is 2.35. The van der Waals surface area contributed by atoms with Crippen LogP contribution < -0.4 is 20.1 Å². The summed E-state index contributed by atoms with van der Waals surface area (Å²) in [6.07, 6.45) is 3.92. The van der Waals surface area contributed by atoms with Gasteiger partial charge in [0.15, 0.2) is 0 Å². The zero-order valence-corrected chi connectivity index (χ0v) is 27.7. The van der Waals surface area contributed by atoms with Crippen LogP contribution in [0.15, 0.2) is 66.0 Å². The van der Waals surface area contributed by atoms with Gasteiger partial charge >= 0.3 is 0 Å². The predicted octanol–water partition coefficient (Wildman–Crippen LogP) is 6.56. The third-order valence-electron chi connectivity index (χ3n) is 8.26. The maximum absolute atomic E-state index is 13.6. The number of aromatic nitrogens is 1. The summed E-state index contributed by atoms with van der Waals surface area (Å²) in [7, 11) is 3.18. The summed E-state index contributed by atoms with van der Waals surface area (Å²) in [5.74, 6) is 1.07. The van der Waals surface area contributed by atoms with Crippen molar-refractivity contribution in [3.05, 3.63) is 99.0 Å². The number of hydrogen-bond acceptors (Lipinski definition) is 8. The second kappa shape index (κ2) is 15.1. The number of hydrogen-bond donors (Lipinski definition) is 3. The molecule has 2 heterocycles.